The Hall–Kier alpha value is -2.20. The summed E-state index contributed by atoms with van der Waals surface area (Å²) in [6.07, 6.45) is 2.58. The molecule has 1 fully saturated rings. The van der Waals surface area contributed by atoms with E-state index in [2.05, 4.69) is 17.1 Å². The highest BCUT2D eigenvalue weighted by Crippen LogP contribution is 2.18. The van der Waals surface area contributed by atoms with E-state index in [9.17, 15) is 9.18 Å². The highest BCUT2D eigenvalue weighted by molar-refractivity contribution is 6.04. The van der Waals surface area contributed by atoms with Crippen molar-refractivity contribution in [3.8, 4) is 0 Å². The maximum Gasteiger partial charge on any atom is 0.255 e. The topological polar surface area (TPSA) is 32.3 Å². The van der Waals surface area contributed by atoms with Crippen LogP contribution in [0.25, 0.3) is 0 Å². The van der Waals surface area contributed by atoms with E-state index >= 15 is 0 Å². The van der Waals surface area contributed by atoms with Gasteiger partial charge in [0, 0.05) is 24.3 Å². The van der Waals surface area contributed by atoms with Crippen LogP contribution in [0.3, 0.4) is 0 Å². The highest BCUT2D eigenvalue weighted by Gasteiger charge is 2.16. The van der Waals surface area contributed by atoms with Gasteiger partial charge in [0.2, 0.25) is 0 Å². The lowest BCUT2D eigenvalue weighted by Crippen LogP contribution is -2.33. The molecule has 0 aliphatic carbocycles. The largest absolute Gasteiger partial charge is 0.322 e. The summed E-state index contributed by atoms with van der Waals surface area (Å²) >= 11 is 0. The van der Waals surface area contributed by atoms with Crippen LogP contribution in [-0.4, -0.2) is 23.9 Å². The van der Waals surface area contributed by atoms with E-state index in [4.69, 9.17) is 0 Å². The van der Waals surface area contributed by atoms with Crippen LogP contribution in [0.5, 0.6) is 0 Å². The molecule has 0 bridgehead atoms. The number of halogens is 1. The monoisotopic (exact) mass is 326 g/mol. The van der Waals surface area contributed by atoms with Gasteiger partial charge < -0.3 is 5.32 Å². The van der Waals surface area contributed by atoms with Gasteiger partial charge in [-0.2, -0.15) is 0 Å². The summed E-state index contributed by atoms with van der Waals surface area (Å²) in [4.78, 5) is 14.7. The van der Waals surface area contributed by atoms with Crippen molar-refractivity contribution < 1.29 is 9.18 Å². The van der Waals surface area contributed by atoms with E-state index in [1.807, 2.05) is 24.3 Å². The average Bonchev–Trinajstić information content (AvgIpc) is 2.57. The molecule has 0 spiro atoms. The molecule has 1 aliphatic rings. The molecule has 126 valence electrons. The minimum atomic E-state index is -0.315. The number of hydrogen-bond acceptors (Lipinski definition) is 2. The zero-order valence-corrected chi connectivity index (χ0v) is 14.0. The predicted molar refractivity (Wildman–Crippen MR) is 94.5 cm³/mol. The first kappa shape index (κ1) is 16.7. The van der Waals surface area contributed by atoms with Gasteiger partial charge in [-0.15, -0.1) is 0 Å². The second kappa shape index (κ2) is 7.58. The number of anilines is 1. The Balaban J connectivity index is 1.59. The Morgan fingerprint density at radius 1 is 1.17 bits per heavy atom. The van der Waals surface area contributed by atoms with Crippen molar-refractivity contribution in [1.82, 2.24) is 4.90 Å². The molecule has 1 N–H and O–H groups in total. The third kappa shape index (κ3) is 4.42. The molecule has 2 aromatic rings. The summed E-state index contributed by atoms with van der Waals surface area (Å²) < 4.78 is 12.9. The molecule has 1 saturated heterocycles. The van der Waals surface area contributed by atoms with Gasteiger partial charge in [-0.05, 0) is 67.3 Å². The van der Waals surface area contributed by atoms with Gasteiger partial charge >= 0.3 is 0 Å². The molecule has 3 rings (SSSR count). The third-order valence-corrected chi connectivity index (χ3v) is 4.47. The Kier molecular flexibility index (Phi) is 5.26. The SMILES string of the molecule is C[C@@H]1CCCN(Cc2ccc(C(=O)Nc3ccc(F)cc3)cc2)C1. The Morgan fingerprint density at radius 2 is 1.88 bits per heavy atom. The van der Waals surface area contributed by atoms with Crippen molar-refractivity contribution in [3.05, 3.63) is 65.5 Å². The van der Waals surface area contributed by atoms with Gasteiger partial charge in [0.25, 0.3) is 5.91 Å². The lowest BCUT2D eigenvalue weighted by molar-refractivity contribution is 0.102. The number of nitrogens with one attached hydrogen (secondary N) is 1. The summed E-state index contributed by atoms with van der Waals surface area (Å²) in [6, 6.07) is 13.5. The number of hydrogen-bond donors (Lipinski definition) is 1. The van der Waals surface area contributed by atoms with Crippen molar-refractivity contribution in [2.75, 3.05) is 18.4 Å². The first-order valence-corrected chi connectivity index (χ1v) is 8.48. The van der Waals surface area contributed by atoms with Gasteiger partial charge in [-0.25, -0.2) is 4.39 Å². The van der Waals surface area contributed by atoms with E-state index in [-0.39, 0.29) is 11.7 Å². The van der Waals surface area contributed by atoms with Crippen LogP contribution in [0, 0.1) is 11.7 Å². The highest BCUT2D eigenvalue weighted by atomic mass is 19.1. The smallest absolute Gasteiger partial charge is 0.255 e. The maximum atomic E-state index is 12.9. The van der Waals surface area contributed by atoms with Gasteiger partial charge in [0.05, 0.1) is 0 Å². The summed E-state index contributed by atoms with van der Waals surface area (Å²) in [5.74, 6) is 0.267. The fourth-order valence-electron chi connectivity index (χ4n) is 3.19. The minimum Gasteiger partial charge on any atom is -0.322 e. The van der Waals surface area contributed by atoms with Gasteiger partial charge in [0.15, 0.2) is 0 Å². The normalized spacial score (nSPS) is 18.3. The Labute approximate surface area is 142 Å². The molecule has 2 aromatic carbocycles. The fourth-order valence-corrected chi connectivity index (χ4v) is 3.19. The van der Waals surface area contributed by atoms with Crippen LogP contribution in [0.15, 0.2) is 48.5 Å². The first-order chi connectivity index (χ1) is 11.6. The van der Waals surface area contributed by atoms with E-state index in [0.29, 0.717) is 11.3 Å². The zero-order chi connectivity index (χ0) is 16.9. The number of carbonyl (C=O) groups is 1. The molecule has 1 amide bonds. The van der Waals surface area contributed by atoms with E-state index < -0.39 is 0 Å². The molecule has 1 aliphatic heterocycles. The number of benzene rings is 2. The molecule has 0 aromatic heterocycles. The number of amides is 1. The van der Waals surface area contributed by atoms with E-state index in [1.165, 1.54) is 30.5 Å². The summed E-state index contributed by atoms with van der Waals surface area (Å²) in [5, 5.41) is 2.78. The zero-order valence-electron chi connectivity index (χ0n) is 14.0. The Bertz CT molecular complexity index is 682. The number of nitrogens with zero attached hydrogens (tertiary/aromatic N) is 1. The molecule has 3 nitrogen and oxygen atoms in total. The van der Waals surface area contributed by atoms with Gasteiger partial charge in [-0.3, -0.25) is 9.69 Å². The molecular formula is C20H23FN2O. The third-order valence-electron chi connectivity index (χ3n) is 4.47. The van der Waals surface area contributed by atoms with E-state index in [0.717, 1.165) is 25.6 Å². The summed E-state index contributed by atoms with van der Waals surface area (Å²) in [6.45, 7) is 5.53. The van der Waals surface area contributed by atoms with Crippen LogP contribution in [0.4, 0.5) is 10.1 Å². The maximum absolute atomic E-state index is 12.9. The molecule has 1 atom stereocenters. The predicted octanol–water partition coefficient (Wildman–Crippen LogP) is 4.31. The van der Waals surface area contributed by atoms with Crippen LogP contribution in [0.1, 0.15) is 35.7 Å². The fraction of sp³-hybridized carbons (Fsp3) is 0.350. The molecule has 4 heteroatoms. The molecule has 0 radical (unpaired) electrons. The number of likely N-dealkylation sites (tertiary alicyclic amines) is 1. The van der Waals surface area contributed by atoms with Crippen molar-refractivity contribution in [1.29, 1.82) is 0 Å². The van der Waals surface area contributed by atoms with Crippen molar-refractivity contribution in [2.45, 2.75) is 26.3 Å². The standard InChI is InChI=1S/C20H23FN2O/c1-15-3-2-12-23(13-15)14-16-4-6-17(7-5-16)20(24)22-19-10-8-18(21)9-11-19/h4-11,15H,2-3,12-14H2,1H3,(H,22,24)/t15-/m1/s1. The average molecular weight is 326 g/mol. The van der Waals surface area contributed by atoms with Gasteiger partial charge in [0.1, 0.15) is 5.82 Å². The van der Waals surface area contributed by atoms with Crippen LogP contribution in [0.2, 0.25) is 0 Å². The summed E-state index contributed by atoms with van der Waals surface area (Å²) in [7, 11) is 0. The Morgan fingerprint density at radius 3 is 2.54 bits per heavy atom. The van der Waals surface area contributed by atoms with Crippen molar-refractivity contribution >= 4 is 11.6 Å². The number of piperidine rings is 1. The molecule has 1 heterocycles. The molecule has 24 heavy (non-hydrogen) atoms. The number of carbonyl (C=O) groups excluding carboxylic acids is 1. The lowest BCUT2D eigenvalue weighted by atomic mass is 9.99. The van der Waals surface area contributed by atoms with Gasteiger partial charge in [-0.1, -0.05) is 19.1 Å². The molecular weight excluding hydrogens is 303 g/mol. The molecule has 0 unspecified atom stereocenters. The van der Waals surface area contributed by atoms with Crippen LogP contribution >= 0.6 is 0 Å². The molecule has 0 saturated carbocycles. The van der Waals surface area contributed by atoms with Crippen LogP contribution in [-0.2, 0) is 6.54 Å². The minimum absolute atomic E-state index is 0.181. The van der Waals surface area contributed by atoms with Crippen molar-refractivity contribution in [2.24, 2.45) is 5.92 Å². The summed E-state index contributed by atoms with van der Waals surface area (Å²) in [5.41, 5.74) is 2.42. The number of rotatable bonds is 4. The first-order valence-electron chi connectivity index (χ1n) is 8.48. The van der Waals surface area contributed by atoms with E-state index in [1.54, 1.807) is 12.1 Å². The lowest BCUT2D eigenvalue weighted by Gasteiger charge is -2.30. The second-order valence-electron chi connectivity index (χ2n) is 6.64. The quantitative estimate of drug-likeness (QED) is 0.908. The van der Waals surface area contributed by atoms with Crippen molar-refractivity contribution in [3.63, 3.8) is 0 Å². The van der Waals surface area contributed by atoms with Crippen LogP contribution < -0.4 is 5.32 Å². The second-order valence-corrected chi connectivity index (χ2v) is 6.64.